The van der Waals surface area contributed by atoms with Gasteiger partial charge in [-0.1, -0.05) is 6.07 Å². The van der Waals surface area contributed by atoms with Crippen molar-refractivity contribution in [3.63, 3.8) is 0 Å². The zero-order chi connectivity index (χ0) is 14.8. The molecule has 1 rings (SSSR count). The van der Waals surface area contributed by atoms with Crippen LogP contribution in [0.5, 0.6) is 0 Å². The van der Waals surface area contributed by atoms with Crippen molar-refractivity contribution in [3.05, 3.63) is 29.6 Å². The smallest absolute Gasteiger partial charge is 0.305 e. The molecule has 0 aliphatic rings. The van der Waals surface area contributed by atoms with Gasteiger partial charge in [-0.15, -0.1) is 0 Å². The van der Waals surface area contributed by atoms with Crippen LogP contribution in [0.3, 0.4) is 0 Å². The number of hydrogen-bond acceptors (Lipinski definition) is 4. The lowest BCUT2D eigenvalue weighted by Crippen LogP contribution is -2.21. The molecule has 1 N–H and O–H groups in total. The highest BCUT2D eigenvalue weighted by atomic mass is 16.5. The number of hydrogen-bond donors (Lipinski definition) is 1. The van der Waals surface area contributed by atoms with E-state index in [0.29, 0.717) is 26.0 Å². The summed E-state index contributed by atoms with van der Waals surface area (Å²) in [4.78, 5) is 26.4. The molecule has 0 saturated heterocycles. The van der Waals surface area contributed by atoms with Gasteiger partial charge in [0.1, 0.15) is 0 Å². The minimum atomic E-state index is -0.215. The highest BCUT2D eigenvalue weighted by molar-refractivity contribution is 5.73. The van der Waals surface area contributed by atoms with Crippen LogP contribution in [-0.4, -0.2) is 30.0 Å². The van der Waals surface area contributed by atoms with E-state index in [1.807, 2.05) is 25.1 Å². The van der Waals surface area contributed by atoms with Gasteiger partial charge in [-0.2, -0.15) is 0 Å². The van der Waals surface area contributed by atoms with E-state index in [1.54, 1.807) is 0 Å². The third-order valence-electron chi connectivity index (χ3n) is 2.72. The Bertz CT molecular complexity index is 446. The normalized spacial score (nSPS) is 10.1. The summed E-state index contributed by atoms with van der Waals surface area (Å²) in [7, 11) is 0. The minimum Gasteiger partial charge on any atom is -0.466 e. The van der Waals surface area contributed by atoms with Gasteiger partial charge in [0.25, 0.3) is 0 Å². The Kier molecular flexibility index (Phi) is 7.32. The number of carbonyl (C=O) groups excluding carboxylic acids is 2. The standard InChI is InChI=1S/C15H22N2O3/c1-12-6-3-7-14(17-12)8-5-11-20-15(19)9-4-10-16-13(2)18/h3,6-7H,4-5,8-11H2,1-2H3,(H,16,18). The fourth-order valence-corrected chi connectivity index (χ4v) is 1.75. The van der Waals surface area contributed by atoms with E-state index in [4.69, 9.17) is 4.74 Å². The first-order chi connectivity index (χ1) is 9.58. The van der Waals surface area contributed by atoms with E-state index in [-0.39, 0.29) is 11.9 Å². The van der Waals surface area contributed by atoms with Crippen LogP contribution in [0.4, 0.5) is 0 Å². The maximum atomic E-state index is 11.4. The molecular formula is C15H22N2O3. The van der Waals surface area contributed by atoms with Gasteiger partial charge in [-0.3, -0.25) is 14.6 Å². The average Bonchev–Trinajstić information content (AvgIpc) is 2.40. The molecule has 0 aromatic carbocycles. The zero-order valence-corrected chi connectivity index (χ0v) is 12.1. The van der Waals surface area contributed by atoms with Gasteiger partial charge < -0.3 is 10.1 Å². The molecule has 1 heterocycles. The van der Waals surface area contributed by atoms with E-state index in [2.05, 4.69) is 10.3 Å². The molecule has 5 heteroatoms. The average molecular weight is 278 g/mol. The summed E-state index contributed by atoms with van der Waals surface area (Å²) in [6, 6.07) is 5.91. The largest absolute Gasteiger partial charge is 0.466 e. The summed E-state index contributed by atoms with van der Waals surface area (Å²) in [6.07, 6.45) is 2.52. The van der Waals surface area contributed by atoms with Crippen LogP contribution in [0.15, 0.2) is 18.2 Å². The predicted molar refractivity (Wildman–Crippen MR) is 76.2 cm³/mol. The fourth-order valence-electron chi connectivity index (χ4n) is 1.75. The highest BCUT2D eigenvalue weighted by Crippen LogP contribution is 2.02. The number of rotatable bonds is 8. The second-order valence-corrected chi connectivity index (χ2v) is 4.68. The Balaban J connectivity index is 2.06. The van der Waals surface area contributed by atoms with Crippen LogP contribution in [-0.2, 0) is 20.7 Å². The van der Waals surface area contributed by atoms with Crippen molar-refractivity contribution in [2.75, 3.05) is 13.2 Å². The van der Waals surface area contributed by atoms with Crippen molar-refractivity contribution in [1.82, 2.24) is 10.3 Å². The van der Waals surface area contributed by atoms with E-state index in [9.17, 15) is 9.59 Å². The Morgan fingerprint density at radius 2 is 2.10 bits per heavy atom. The van der Waals surface area contributed by atoms with Crippen molar-refractivity contribution in [2.45, 2.75) is 39.5 Å². The van der Waals surface area contributed by atoms with Crippen molar-refractivity contribution < 1.29 is 14.3 Å². The number of carbonyl (C=O) groups is 2. The molecule has 1 amide bonds. The number of nitrogens with zero attached hydrogens (tertiary/aromatic N) is 1. The van der Waals surface area contributed by atoms with Crippen LogP contribution in [0.2, 0.25) is 0 Å². The highest BCUT2D eigenvalue weighted by Gasteiger charge is 2.03. The number of aromatic nitrogens is 1. The van der Waals surface area contributed by atoms with Crippen molar-refractivity contribution >= 4 is 11.9 Å². The first-order valence-corrected chi connectivity index (χ1v) is 6.90. The van der Waals surface area contributed by atoms with Crippen LogP contribution >= 0.6 is 0 Å². The molecule has 1 aromatic rings. The summed E-state index contributed by atoms with van der Waals surface area (Å²) < 4.78 is 5.12. The van der Waals surface area contributed by atoms with Crippen molar-refractivity contribution in [3.8, 4) is 0 Å². The third-order valence-corrected chi connectivity index (χ3v) is 2.72. The van der Waals surface area contributed by atoms with Gasteiger partial charge in [0.05, 0.1) is 6.61 Å². The molecule has 0 spiro atoms. The lowest BCUT2D eigenvalue weighted by atomic mass is 10.2. The van der Waals surface area contributed by atoms with E-state index >= 15 is 0 Å². The van der Waals surface area contributed by atoms with E-state index < -0.39 is 0 Å². The molecule has 1 aromatic heterocycles. The third kappa shape index (κ3) is 7.51. The molecular weight excluding hydrogens is 256 g/mol. The SMILES string of the molecule is CC(=O)NCCCC(=O)OCCCc1cccc(C)n1. The van der Waals surface area contributed by atoms with E-state index in [0.717, 1.165) is 24.2 Å². The Morgan fingerprint density at radius 3 is 2.80 bits per heavy atom. The summed E-state index contributed by atoms with van der Waals surface area (Å²) in [6.45, 7) is 4.34. The van der Waals surface area contributed by atoms with Crippen LogP contribution in [0.25, 0.3) is 0 Å². The molecule has 110 valence electrons. The summed E-state index contributed by atoms with van der Waals surface area (Å²) >= 11 is 0. The molecule has 0 aliphatic heterocycles. The Hall–Kier alpha value is -1.91. The quantitative estimate of drug-likeness (QED) is 0.581. The van der Waals surface area contributed by atoms with Crippen LogP contribution in [0.1, 0.15) is 37.6 Å². The van der Waals surface area contributed by atoms with Crippen molar-refractivity contribution in [2.24, 2.45) is 0 Å². The van der Waals surface area contributed by atoms with Gasteiger partial charge in [0.15, 0.2) is 0 Å². The second-order valence-electron chi connectivity index (χ2n) is 4.68. The minimum absolute atomic E-state index is 0.0796. The topological polar surface area (TPSA) is 68.3 Å². The molecule has 0 aliphatic carbocycles. The molecule has 20 heavy (non-hydrogen) atoms. The van der Waals surface area contributed by atoms with Crippen LogP contribution in [0, 0.1) is 6.92 Å². The molecule has 0 radical (unpaired) electrons. The predicted octanol–water partition coefficient (Wildman–Crippen LogP) is 1.78. The van der Waals surface area contributed by atoms with Gasteiger partial charge in [-0.25, -0.2) is 0 Å². The number of amides is 1. The Labute approximate surface area is 119 Å². The fraction of sp³-hybridized carbons (Fsp3) is 0.533. The summed E-state index contributed by atoms with van der Waals surface area (Å²) in [5.74, 6) is -0.295. The summed E-state index contributed by atoms with van der Waals surface area (Å²) in [5.41, 5.74) is 2.02. The van der Waals surface area contributed by atoms with Gasteiger partial charge >= 0.3 is 5.97 Å². The maximum absolute atomic E-state index is 11.4. The maximum Gasteiger partial charge on any atom is 0.305 e. The number of nitrogens with one attached hydrogen (secondary N) is 1. The lowest BCUT2D eigenvalue weighted by molar-refractivity contribution is -0.143. The first kappa shape index (κ1) is 16.1. The lowest BCUT2D eigenvalue weighted by Gasteiger charge is -2.05. The summed E-state index contributed by atoms with van der Waals surface area (Å²) in [5, 5.41) is 2.64. The molecule has 5 nitrogen and oxygen atoms in total. The number of ether oxygens (including phenoxy) is 1. The van der Waals surface area contributed by atoms with Crippen molar-refractivity contribution in [1.29, 1.82) is 0 Å². The molecule has 0 bridgehead atoms. The van der Waals surface area contributed by atoms with Gasteiger partial charge in [-0.05, 0) is 38.3 Å². The number of esters is 1. The first-order valence-electron chi connectivity index (χ1n) is 6.90. The van der Waals surface area contributed by atoms with Gasteiger partial charge in [0, 0.05) is 31.3 Å². The van der Waals surface area contributed by atoms with E-state index in [1.165, 1.54) is 6.92 Å². The molecule has 0 saturated carbocycles. The molecule has 0 atom stereocenters. The number of aryl methyl sites for hydroxylation is 2. The molecule has 0 fully saturated rings. The molecule has 0 unspecified atom stereocenters. The number of pyridine rings is 1. The van der Waals surface area contributed by atoms with Crippen LogP contribution < -0.4 is 5.32 Å². The monoisotopic (exact) mass is 278 g/mol. The second kappa shape index (κ2) is 9.07. The Morgan fingerprint density at radius 1 is 1.30 bits per heavy atom. The van der Waals surface area contributed by atoms with Gasteiger partial charge in [0.2, 0.25) is 5.91 Å². The zero-order valence-electron chi connectivity index (χ0n) is 12.1.